The molecule has 0 amide bonds. The Hall–Kier alpha value is -1.84. The van der Waals surface area contributed by atoms with Gasteiger partial charge in [-0.1, -0.05) is 19.9 Å². The number of carbonyl (C=O) groups is 2. The summed E-state index contributed by atoms with van der Waals surface area (Å²) in [6.45, 7) is 3.43. The van der Waals surface area contributed by atoms with Gasteiger partial charge in [0.05, 0.1) is 14.2 Å². The number of hydrogen-bond donors (Lipinski definition) is 0. The molecule has 0 radical (unpaired) electrons. The molecule has 98 valence electrons. The Labute approximate surface area is 107 Å². The van der Waals surface area contributed by atoms with Crippen molar-refractivity contribution in [2.75, 3.05) is 14.2 Å². The summed E-state index contributed by atoms with van der Waals surface area (Å²) < 4.78 is 10.3. The molecule has 0 heterocycles. The molecule has 0 fully saturated rings. The molecule has 0 saturated carbocycles. The van der Waals surface area contributed by atoms with E-state index in [2.05, 4.69) is 0 Å². The third-order valence-electron chi connectivity index (χ3n) is 2.61. The average Bonchev–Trinajstić information content (AvgIpc) is 2.37. The number of ether oxygens (including phenoxy) is 2. The largest absolute Gasteiger partial charge is 0.493 e. The van der Waals surface area contributed by atoms with Gasteiger partial charge in [-0.25, -0.2) is 0 Å². The van der Waals surface area contributed by atoms with Crippen LogP contribution in [-0.4, -0.2) is 25.8 Å². The zero-order valence-electron chi connectivity index (χ0n) is 11.1. The van der Waals surface area contributed by atoms with E-state index in [0.717, 1.165) is 5.56 Å². The van der Waals surface area contributed by atoms with Crippen molar-refractivity contribution in [1.29, 1.82) is 0 Å². The molecule has 1 rings (SSSR count). The highest BCUT2D eigenvalue weighted by Gasteiger charge is 2.18. The van der Waals surface area contributed by atoms with Gasteiger partial charge in [-0.05, 0) is 17.7 Å². The third-order valence-corrected chi connectivity index (χ3v) is 2.61. The predicted molar refractivity (Wildman–Crippen MR) is 68.1 cm³/mol. The van der Waals surface area contributed by atoms with E-state index in [4.69, 9.17) is 9.47 Å². The number of methoxy groups -OCH3 is 2. The van der Waals surface area contributed by atoms with E-state index < -0.39 is 0 Å². The summed E-state index contributed by atoms with van der Waals surface area (Å²) in [5.41, 5.74) is 0.742. The fourth-order valence-electron chi connectivity index (χ4n) is 1.59. The molecule has 0 aliphatic rings. The second-order valence-electron chi connectivity index (χ2n) is 4.31. The maximum atomic E-state index is 11.7. The van der Waals surface area contributed by atoms with Crippen molar-refractivity contribution in [1.82, 2.24) is 0 Å². The Kier molecular flexibility index (Phi) is 4.89. The predicted octanol–water partition coefficient (Wildman–Crippen LogP) is 2.04. The first-order valence-corrected chi connectivity index (χ1v) is 5.77. The molecular formula is C14H18O4. The summed E-state index contributed by atoms with van der Waals surface area (Å²) in [4.78, 5) is 23.2. The van der Waals surface area contributed by atoms with Crippen LogP contribution in [0.3, 0.4) is 0 Å². The van der Waals surface area contributed by atoms with Crippen molar-refractivity contribution in [3.05, 3.63) is 23.8 Å². The Balaban J connectivity index is 2.86. The van der Waals surface area contributed by atoms with E-state index in [-0.39, 0.29) is 23.9 Å². The van der Waals surface area contributed by atoms with Crippen molar-refractivity contribution >= 4 is 11.6 Å². The normalized spacial score (nSPS) is 10.3. The topological polar surface area (TPSA) is 52.6 Å². The van der Waals surface area contributed by atoms with Gasteiger partial charge in [0.1, 0.15) is 0 Å². The molecule has 18 heavy (non-hydrogen) atoms. The number of rotatable bonds is 6. The van der Waals surface area contributed by atoms with E-state index in [0.29, 0.717) is 11.5 Å². The van der Waals surface area contributed by atoms with E-state index >= 15 is 0 Å². The van der Waals surface area contributed by atoms with E-state index in [1.807, 2.05) is 0 Å². The van der Waals surface area contributed by atoms with Crippen molar-refractivity contribution < 1.29 is 19.1 Å². The zero-order valence-corrected chi connectivity index (χ0v) is 11.1. The molecule has 0 spiro atoms. The molecule has 1 aromatic carbocycles. The van der Waals surface area contributed by atoms with Crippen LogP contribution in [-0.2, 0) is 16.0 Å². The number of benzene rings is 1. The van der Waals surface area contributed by atoms with Crippen molar-refractivity contribution in [3.8, 4) is 11.5 Å². The van der Waals surface area contributed by atoms with Crippen LogP contribution in [0.5, 0.6) is 11.5 Å². The monoisotopic (exact) mass is 250 g/mol. The zero-order chi connectivity index (χ0) is 13.7. The fraction of sp³-hybridized carbons (Fsp3) is 0.429. The minimum absolute atomic E-state index is 0.0946. The smallest absolute Gasteiger partial charge is 0.203 e. The lowest BCUT2D eigenvalue weighted by atomic mass is 9.99. The number of carbonyl (C=O) groups excluding carboxylic acids is 2. The molecule has 1 aromatic rings. The van der Waals surface area contributed by atoms with E-state index in [1.54, 1.807) is 39.2 Å². The van der Waals surface area contributed by atoms with Gasteiger partial charge in [0.25, 0.3) is 0 Å². The van der Waals surface area contributed by atoms with Gasteiger partial charge >= 0.3 is 0 Å². The summed E-state index contributed by atoms with van der Waals surface area (Å²) in [5.74, 6) is 0.170. The second-order valence-corrected chi connectivity index (χ2v) is 4.31. The van der Waals surface area contributed by atoms with Gasteiger partial charge in [-0.15, -0.1) is 0 Å². The first-order valence-electron chi connectivity index (χ1n) is 5.77. The van der Waals surface area contributed by atoms with Gasteiger partial charge in [-0.2, -0.15) is 0 Å². The lowest BCUT2D eigenvalue weighted by Crippen LogP contribution is -2.21. The minimum Gasteiger partial charge on any atom is -0.493 e. The standard InChI is InChI=1S/C14H18O4/c1-9(2)14(16)11(15)7-10-5-6-12(17-3)13(8-10)18-4/h5-6,8-9H,7H2,1-4H3. The molecule has 0 atom stereocenters. The highest BCUT2D eigenvalue weighted by Crippen LogP contribution is 2.27. The van der Waals surface area contributed by atoms with Gasteiger partial charge < -0.3 is 9.47 Å². The molecule has 0 aliphatic heterocycles. The quantitative estimate of drug-likeness (QED) is 0.725. The summed E-state index contributed by atoms with van der Waals surface area (Å²) in [6, 6.07) is 5.19. The average molecular weight is 250 g/mol. The molecule has 0 bridgehead atoms. The van der Waals surface area contributed by atoms with Crippen molar-refractivity contribution in [3.63, 3.8) is 0 Å². The van der Waals surface area contributed by atoms with Crippen LogP contribution in [0.2, 0.25) is 0 Å². The summed E-state index contributed by atoms with van der Waals surface area (Å²) in [7, 11) is 3.08. The Morgan fingerprint density at radius 1 is 1.11 bits per heavy atom. The highest BCUT2D eigenvalue weighted by molar-refractivity contribution is 6.38. The maximum absolute atomic E-state index is 11.7. The molecule has 0 N–H and O–H groups in total. The van der Waals surface area contributed by atoms with E-state index in [1.165, 1.54) is 7.11 Å². The number of Topliss-reactive ketones (excluding diaryl/α,β-unsaturated/α-hetero) is 2. The molecule has 0 aliphatic carbocycles. The molecule has 0 saturated heterocycles. The van der Waals surface area contributed by atoms with Gasteiger partial charge in [0.2, 0.25) is 11.6 Å². The fourth-order valence-corrected chi connectivity index (χ4v) is 1.59. The SMILES string of the molecule is COc1ccc(CC(=O)C(=O)C(C)C)cc1OC. The second kappa shape index (κ2) is 6.19. The first kappa shape index (κ1) is 14.2. The maximum Gasteiger partial charge on any atom is 0.203 e. The first-order chi connectivity index (χ1) is 8.49. The molecule has 4 nitrogen and oxygen atoms in total. The van der Waals surface area contributed by atoms with Gasteiger partial charge in [0, 0.05) is 12.3 Å². The third kappa shape index (κ3) is 3.32. The van der Waals surface area contributed by atoms with Gasteiger partial charge in [0.15, 0.2) is 11.5 Å². The Morgan fingerprint density at radius 3 is 2.22 bits per heavy atom. The molecule has 0 aromatic heterocycles. The number of ketones is 2. The van der Waals surface area contributed by atoms with E-state index in [9.17, 15) is 9.59 Å². The van der Waals surface area contributed by atoms with Crippen molar-refractivity contribution in [2.24, 2.45) is 5.92 Å². The Morgan fingerprint density at radius 2 is 1.72 bits per heavy atom. The van der Waals surface area contributed by atoms with Crippen LogP contribution in [0.25, 0.3) is 0 Å². The van der Waals surface area contributed by atoms with Crippen molar-refractivity contribution in [2.45, 2.75) is 20.3 Å². The minimum atomic E-state index is -0.378. The summed E-state index contributed by atoms with van der Waals surface area (Å²) >= 11 is 0. The highest BCUT2D eigenvalue weighted by atomic mass is 16.5. The van der Waals surface area contributed by atoms with Crippen LogP contribution in [0, 0.1) is 5.92 Å². The number of hydrogen-bond acceptors (Lipinski definition) is 4. The molecular weight excluding hydrogens is 232 g/mol. The van der Waals surface area contributed by atoms with Crippen LogP contribution < -0.4 is 9.47 Å². The van der Waals surface area contributed by atoms with Crippen LogP contribution in [0.15, 0.2) is 18.2 Å². The molecule has 0 unspecified atom stereocenters. The lowest BCUT2D eigenvalue weighted by molar-refractivity contribution is -0.138. The van der Waals surface area contributed by atoms with Crippen LogP contribution in [0.1, 0.15) is 19.4 Å². The van der Waals surface area contributed by atoms with Gasteiger partial charge in [-0.3, -0.25) is 9.59 Å². The summed E-state index contributed by atoms with van der Waals surface area (Å²) in [5, 5.41) is 0. The lowest BCUT2D eigenvalue weighted by Gasteiger charge is -2.09. The van der Waals surface area contributed by atoms with Crippen LogP contribution in [0.4, 0.5) is 0 Å². The Bertz CT molecular complexity index is 449. The summed E-state index contributed by atoms with van der Waals surface area (Å²) in [6.07, 6.45) is 0.0946. The van der Waals surface area contributed by atoms with Crippen LogP contribution >= 0.6 is 0 Å². The molecule has 4 heteroatoms.